The van der Waals surface area contributed by atoms with Crippen LogP contribution in [0, 0.1) is 0 Å². The number of rotatable bonds is 5. The van der Waals surface area contributed by atoms with Crippen LogP contribution in [0.4, 0.5) is 13.2 Å². The molecule has 0 aliphatic carbocycles. The minimum atomic E-state index is -4.35. The van der Waals surface area contributed by atoms with Crippen molar-refractivity contribution in [3.8, 4) is 5.75 Å². The van der Waals surface area contributed by atoms with E-state index in [0.29, 0.717) is 0 Å². The Morgan fingerprint density at radius 2 is 2.00 bits per heavy atom. The molecule has 0 aromatic heterocycles. The van der Waals surface area contributed by atoms with Crippen LogP contribution in [0.3, 0.4) is 0 Å². The topological polar surface area (TPSA) is 30.5 Å². The molecule has 1 aromatic rings. The molecule has 6 heteroatoms. The Balaban J connectivity index is 2.54. The zero-order chi connectivity index (χ0) is 12.0. The standard InChI is InChI=1S/C10H12F3NO2/c1-14-16-6-5-15-9-4-2-3-8(7-9)10(11,12)13/h2-4,7,14H,5-6H2,1H3. The van der Waals surface area contributed by atoms with Gasteiger partial charge in [0.1, 0.15) is 19.0 Å². The lowest BCUT2D eigenvalue weighted by Crippen LogP contribution is -2.14. The van der Waals surface area contributed by atoms with Crippen molar-refractivity contribution in [3.63, 3.8) is 0 Å². The van der Waals surface area contributed by atoms with Crippen LogP contribution >= 0.6 is 0 Å². The molecule has 0 aliphatic rings. The fraction of sp³-hybridized carbons (Fsp3) is 0.400. The molecule has 0 unspecified atom stereocenters. The molecule has 1 rings (SSSR count). The molecule has 1 N–H and O–H groups in total. The van der Waals surface area contributed by atoms with E-state index in [1.54, 1.807) is 7.05 Å². The lowest BCUT2D eigenvalue weighted by atomic mass is 10.2. The third-order valence-corrected chi connectivity index (χ3v) is 1.76. The predicted molar refractivity (Wildman–Crippen MR) is 52.0 cm³/mol. The maximum atomic E-state index is 12.3. The Morgan fingerprint density at radius 3 is 2.62 bits per heavy atom. The average Bonchev–Trinajstić information content (AvgIpc) is 2.24. The maximum Gasteiger partial charge on any atom is 0.416 e. The quantitative estimate of drug-likeness (QED) is 0.627. The van der Waals surface area contributed by atoms with E-state index < -0.39 is 11.7 Å². The van der Waals surface area contributed by atoms with Gasteiger partial charge in [0.2, 0.25) is 0 Å². The van der Waals surface area contributed by atoms with E-state index in [0.717, 1.165) is 12.1 Å². The molecule has 0 radical (unpaired) electrons. The number of benzene rings is 1. The summed E-state index contributed by atoms with van der Waals surface area (Å²) in [6.45, 7) is 0.439. The van der Waals surface area contributed by atoms with E-state index in [2.05, 4.69) is 5.48 Å². The second-order valence-corrected chi connectivity index (χ2v) is 2.93. The molecule has 0 saturated heterocycles. The molecule has 0 aliphatic heterocycles. The van der Waals surface area contributed by atoms with Crippen LogP contribution in [0.25, 0.3) is 0 Å². The Kier molecular flexibility index (Phi) is 4.57. The summed E-state index contributed by atoms with van der Waals surface area (Å²) in [6.07, 6.45) is -4.35. The van der Waals surface area contributed by atoms with E-state index in [9.17, 15) is 13.2 Å². The number of nitrogens with one attached hydrogen (secondary N) is 1. The van der Waals surface area contributed by atoms with Gasteiger partial charge in [-0.2, -0.15) is 13.2 Å². The van der Waals surface area contributed by atoms with E-state index in [1.807, 2.05) is 0 Å². The largest absolute Gasteiger partial charge is 0.491 e. The first-order chi connectivity index (χ1) is 7.54. The van der Waals surface area contributed by atoms with Crippen LogP contribution in [0.2, 0.25) is 0 Å². The molecule has 0 bridgehead atoms. The lowest BCUT2D eigenvalue weighted by molar-refractivity contribution is -0.137. The van der Waals surface area contributed by atoms with Gasteiger partial charge >= 0.3 is 6.18 Å². The maximum absolute atomic E-state index is 12.3. The second kappa shape index (κ2) is 5.72. The lowest BCUT2D eigenvalue weighted by Gasteiger charge is -2.10. The first-order valence-corrected chi connectivity index (χ1v) is 4.62. The molecule has 3 nitrogen and oxygen atoms in total. The number of hydroxylamine groups is 1. The first-order valence-electron chi connectivity index (χ1n) is 4.62. The van der Waals surface area contributed by atoms with Gasteiger partial charge in [0.05, 0.1) is 5.56 Å². The SMILES string of the molecule is CNOCCOc1cccc(C(F)(F)F)c1. The van der Waals surface area contributed by atoms with Crippen LogP contribution in [-0.4, -0.2) is 20.3 Å². The number of halogens is 3. The minimum Gasteiger partial charge on any atom is -0.491 e. The summed E-state index contributed by atoms with van der Waals surface area (Å²) in [5.41, 5.74) is 1.71. The summed E-state index contributed by atoms with van der Waals surface area (Å²) < 4.78 is 42.0. The van der Waals surface area contributed by atoms with Gasteiger partial charge in [-0.05, 0) is 18.2 Å². The third-order valence-electron chi connectivity index (χ3n) is 1.76. The molecule has 90 valence electrons. The van der Waals surface area contributed by atoms with Crippen LogP contribution in [0.15, 0.2) is 24.3 Å². The zero-order valence-corrected chi connectivity index (χ0v) is 8.67. The van der Waals surface area contributed by atoms with E-state index in [-0.39, 0.29) is 19.0 Å². The molecule has 16 heavy (non-hydrogen) atoms. The summed E-state index contributed by atoms with van der Waals surface area (Å²) in [4.78, 5) is 4.76. The summed E-state index contributed by atoms with van der Waals surface area (Å²) >= 11 is 0. The van der Waals surface area contributed by atoms with Gasteiger partial charge in [-0.1, -0.05) is 6.07 Å². The molecule has 0 atom stereocenters. The number of hydrogen-bond donors (Lipinski definition) is 1. The van der Waals surface area contributed by atoms with Crippen molar-refractivity contribution >= 4 is 0 Å². The molecule has 0 spiro atoms. The molecular weight excluding hydrogens is 223 g/mol. The molecule has 0 heterocycles. The van der Waals surface area contributed by atoms with E-state index in [4.69, 9.17) is 9.57 Å². The monoisotopic (exact) mass is 235 g/mol. The van der Waals surface area contributed by atoms with Crippen molar-refractivity contribution in [1.29, 1.82) is 0 Å². The van der Waals surface area contributed by atoms with Crippen molar-refractivity contribution in [2.75, 3.05) is 20.3 Å². The average molecular weight is 235 g/mol. The van der Waals surface area contributed by atoms with Crippen LogP contribution in [0.1, 0.15) is 5.56 Å². The fourth-order valence-corrected chi connectivity index (χ4v) is 1.07. The number of alkyl halides is 3. The summed E-state index contributed by atoms with van der Waals surface area (Å²) in [6, 6.07) is 4.72. The number of ether oxygens (including phenoxy) is 1. The van der Waals surface area contributed by atoms with Crippen LogP contribution < -0.4 is 10.2 Å². The Labute approximate surface area is 91.1 Å². The minimum absolute atomic E-state index is 0.175. The summed E-state index contributed by atoms with van der Waals surface area (Å²) in [5, 5.41) is 0. The smallest absolute Gasteiger partial charge is 0.416 e. The Hall–Kier alpha value is -1.27. The van der Waals surface area contributed by atoms with Crippen molar-refractivity contribution in [2.45, 2.75) is 6.18 Å². The van der Waals surface area contributed by atoms with Crippen molar-refractivity contribution < 1.29 is 22.7 Å². The highest BCUT2D eigenvalue weighted by molar-refractivity contribution is 5.30. The second-order valence-electron chi connectivity index (χ2n) is 2.93. The Bertz CT molecular complexity index is 328. The van der Waals surface area contributed by atoms with Crippen molar-refractivity contribution in [3.05, 3.63) is 29.8 Å². The highest BCUT2D eigenvalue weighted by Gasteiger charge is 2.30. The summed E-state index contributed by atoms with van der Waals surface area (Å²) in [7, 11) is 1.59. The van der Waals surface area contributed by atoms with Gasteiger partial charge < -0.3 is 4.74 Å². The normalized spacial score (nSPS) is 11.5. The van der Waals surface area contributed by atoms with Gasteiger partial charge in [-0.25, -0.2) is 5.48 Å². The van der Waals surface area contributed by atoms with Gasteiger partial charge in [0.25, 0.3) is 0 Å². The van der Waals surface area contributed by atoms with Crippen LogP contribution in [0.5, 0.6) is 5.75 Å². The van der Waals surface area contributed by atoms with Crippen LogP contribution in [-0.2, 0) is 11.0 Å². The highest BCUT2D eigenvalue weighted by Crippen LogP contribution is 2.31. The Morgan fingerprint density at radius 1 is 1.25 bits per heavy atom. The van der Waals surface area contributed by atoms with Crippen molar-refractivity contribution in [1.82, 2.24) is 5.48 Å². The highest BCUT2D eigenvalue weighted by atomic mass is 19.4. The predicted octanol–water partition coefficient (Wildman–Crippen LogP) is 2.24. The van der Waals surface area contributed by atoms with Gasteiger partial charge in [-0.3, -0.25) is 4.84 Å². The molecule has 0 fully saturated rings. The zero-order valence-electron chi connectivity index (χ0n) is 8.67. The van der Waals surface area contributed by atoms with E-state index >= 15 is 0 Å². The first kappa shape index (κ1) is 12.8. The molecular formula is C10H12F3NO2. The molecule has 1 aromatic carbocycles. The van der Waals surface area contributed by atoms with Gasteiger partial charge in [0, 0.05) is 7.05 Å². The number of hydrogen-bond acceptors (Lipinski definition) is 3. The van der Waals surface area contributed by atoms with Crippen molar-refractivity contribution in [2.24, 2.45) is 0 Å². The van der Waals surface area contributed by atoms with Gasteiger partial charge in [-0.15, -0.1) is 0 Å². The molecule has 0 amide bonds. The van der Waals surface area contributed by atoms with Gasteiger partial charge in [0.15, 0.2) is 0 Å². The third kappa shape index (κ3) is 4.08. The van der Waals surface area contributed by atoms with E-state index in [1.165, 1.54) is 12.1 Å². The molecule has 0 saturated carbocycles. The summed E-state index contributed by atoms with van der Waals surface area (Å²) in [5.74, 6) is 0.175. The fourth-order valence-electron chi connectivity index (χ4n) is 1.07.